The van der Waals surface area contributed by atoms with Gasteiger partial charge in [0.1, 0.15) is 11.6 Å². The quantitative estimate of drug-likeness (QED) is 0.759. The molecule has 0 atom stereocenters. The van der Waals surface area contributed by atoms with E-state index in [1.165, 1.54) is 11.3 Å². The van der Waals surface area contributed by atoms with Crippen molar-refractivity contribution in [3.63, 3.8) is 0 Å². The first-order chi connectivity index (χ1) is 12.6. The molecule has 26 heavy (non-hydrogen) atoms. The van der Waals surface area contributed by atoms with Crippen LogP contribution in [0.25, 0.3) is 10.2 Å². The Kier molecular flexibility index (Phi) is 4.52. The first-order valence-electron chi connectivity index (χ1n) is 8.09. The lowest BCUT2D eigenvalue weighted by atomic mass is 10.2. The highest BCUT2D eigenvalue weighted by Gasteiger charge is 2.16. The van der Waals surface area contributed by atoms with Crippen molar-refractivity contribution in [1.29, 1.82) is 0 Å². The Morgan fingerprint density at radius 2 is 1.85 bits per heavy atom. The van der Waals surface area contributed by atoms with Crippen LogP contribution in [0, 0.1) is 11.6 Å². The summed E-state index contributed by atoms with van der Waals surface area (Å²) in [7, 11) is 0. The number of benzene rings is 2. The Morgan fingerprint density at radius 1 is 1.12 bits per heavy atom. The summed E-state index contributed by atoms with van der Waals surface area (Å²) in [6.45, 7) is 2.96. The van der Waals surface area contributed by atoms with Crippen LogP contribution >= 0.6 is 11.3 Å². The molecule has 134 valence electrons. The van der Waals surface area contributed by atoms with Gasteiger partial charge in [-0.15, -0.1) is 0 Å². The number of hydrogen-bond donors (Lipinski definition) is 1. The number of halogens is 2. The van der Waals surface area contributed by atoms with Crippen LogP contribution in [0.3, 0.4) is 0 Å². The summed E-state index contributed by atoms with van der Waals surface area (Å²) in [5.41, 5.74) is 1.32. The predicted octanol–water partition coefficient (Wildman–Crippen LogP) is 3.66. The maximum atomic E-state index is 13.3. The monoisotopic (exact) mass is 375 g/mol. The van der Waals surface area contributed by atoms with Gasteiger partial charge in [-0.3, -0.25) is 4.79 Å². The van der Waals surface area contributed by atoms with Crippen molar-refractivity contribution < 1.29 is 18.3 Å². The van der Waals surface area contributed by atoms with Gasteiger partial charge >= 0.3 is 0 Å². The first kappa shape index (κ1) is 16.9. The Hall–Kier alpha value is -2.58. The Bertz CT molecular complexity index is 950. The zero-order valence-corrected chi connectivity index (χ0v) is 14.5. The fourth-order valence-corrected chi connectivity index (χ4v) is 3.82. The average Bonchev–Trinajstić information content (AvgIpc) is 3.05. The molecule has 3 aromatic rings. The second-order valence-corrected chi connectivity index (χ2v) is 6.90. The van der Waals surface area contributed by atoms with Crippen LogP contribution in [0.2, 0.25) is 0 Å². The highest BCUT2D eigenvalue weighted by atomic mass is 32.1. The normalized spacial score (nSPS) is 14.6. The SMILES string of the molecule is O=C(Nc1ccc2nc(N3CCOCC3)sc2c1)c1cc(F)cc(F)c1. The van der Waals surface area contributed by atoms with E-state index in [0.717, 1.165) is 46.6 Å². The van der Waals surface area contributed by atoms with Crippen LogP contribution in [-0.2, 0) is 4.74 Å². The second-order valence-electron chi connectivity index (χ2n) is 5.89. The number of fused-ring (bicyclic) bond motifs is 1. The van der Waals surface area contributed by atoms with E-state index in [0.29, 0.717) is 18.9 Å². The van der Waals surface area contributed by atoms with Gasteiger partial charge in [-0.25, -0.2) is 13.8 Å². The number of thiazole rings is 1. The van der Waals surface area contributed by atoms with Gasteiger partial charge in [0.25, 0.3) is 5.91 Å². The summed E-state index contributed by atoms with van der Waals surface area (Å²) >= 11 is 1.53. The van der Waals surface area contributed by atoms with E-state index in [4.69, 9.17) is 4.74 Å². The first-order valence-corrected chi connectivity index (χ1v) is 8.91. The summed E-state index contributed by atoms with van der Waals surface area (Å²) in [5.74, 6) is -2.15. The number of rotatable bonds is 3. The molecule has 0 radical (unpaired) electrons. The largest absolute Gasteiger partial charge is 0.378 e. The third-order valence-corrected chi connectivity index (χ3v) is 5.12. The van der Waals surface area contributed by atoms with Gasteiger partial charge in [-0.2, -0.15) is 0 Å². The van der Waals surface area contributed by atoms with Crippen molar-refractivity contribution in [3.05, 3.63) is 53.6 Å². The molecule has 8 heteroatoms. The number of carbonyl (C=O) groups excluding carboxylic acids is 1. The van der Waals surface area contributed by atoms with Gasteiger partial charge in [0.2, 0.25) is 0 Å². The van der Waals surface area contributed by atoms with Crippen molar-refractivity contribution >= 4 is 38.3 Å². The Morgan fingerprint density at radius 3 is 2.58 bits per heavy atom. The van der Waals surface area contributed by atoms with Crippen molar-refractivity contribution in [3.8, 4) is 0 Å². The molecule has 0 unspecified atom stereocenters. The number of hydrogen-bond acceptors (Lipinski definition) is 5. The lowest BCUT2D eigenvalue weighted by Crippen LogP contribution is -2.36. The van der Waals surface area contributed by atoms with Gasteiger partial charge in [0.05, 0.1) is 23.4 Å². The predicted molar refractivity (Wildman–Crippen MR) is 97.0 cm³/mol. The molecule has 1 amide bonds. The molecule has 0 saturated carbocycles. The molecule has 1 fully saturated rings. The van der Waals surface area contributed by atoms with E-state index < -0.39 is 17.5 Å². The standard InChI is InChI=1S/C18H15F2N3O2S/c19-12-7-11(8-13(20)9-12)17(24)21-14-1-2-15-16(10-14)26-18(22-15)23-3-5-25-6-4-23/h1-2,7-10H,3-6H2,(H,21,24). The third-order valence-electron chi connectivity index (χ3n) is 4.04. The minimum absolute atomic E-state index is 0.0686. The van der Waals surface area contributed by atoms with E-state index in [-0.39, 0.29) is 5.56 Å². The fraction of sp³-hybridized carbons (Fsp3) is 0.222. The van der Waals surface area contributed by atoms with Crippen LogP contribution in [-0.4, -0.2) is 37.2 Å². The number of aromatic nitrogens is 1. The smallest absolute Gasteiger partial charge is 0.255 e. The van der Waals surface area contributed by atoms with Gasteiger partial charge in [0.15, 0.2) is 5.13 Å². The third kappa shape index (κ3) is 3.51. The molecule has 0 spiro atoms. The van der Waals surface area contributed by atoms with Crippen LogP contribution in [0.4, 0.5) is 19.6 Å². The van der Waals surface area contributed by atoms with Crippen LogP contribution in [0.5, 0.6) is 0 Å². The molecule has 2 aromatic carbocycles. The average molecular weight is 375 g/mol. The molecule has 1 aliphatic heterocycles. The van der Waals surface area contributed by atoms with Gasteiger partial charge in [0, 0.05) is 30.4 Å². The van der Waals surface area contributed by atoms with Crippen LogP contribution in [0.15, 0.2) is 36.4 Å². The lowest BCUT2D eigenvalue weighted by molar-refractivity contribution is 0.102. The molecule has 1 aromatic heterocycles. The number of amides is 1. The van der Waals surface area contributed by atoms with Gasteiger partial charge < -0.3 is 15.0 Å². The molecule has 1 aliphatic rings. The minimum atomic E-state index is -0.789. The van der Waals surface area contributed by atoms with Crippen molar-refractivity contribution in [2.45, 2.75) is 0 Å². The van der Waals surface area contributed by atoms with Crippen LogP contribution < -0.4 is 10.2 Å². The molecule has 5 nitrogen and oxygen atoms in total. The summed E-state index contributed by atoms with van der Waals surface area (Å²) < 4.78 is 32.8. The number of carbonyl (C=O) groups is 1. The summed E-state index contributed by atoms with van der Waals surface area (Å²) in [6.07, 6.45) is 0. The minimum Gasteiger partial charge on any atom is -0.378 e. The van der Waals surface area contributed by atoms with Crippen LogP contribution in [0.1, 0.15) is 10.4 Å². The molecule has 4 rings (SSSR count). The summed E-state index contributed by atoms with van der Waals surface area (Å²) in [6, 6.07) is 8.08. The van der Waals surface area contributed by atoms with Crippen molar-refractivity contribution in [2.24, 2.45) is 0 Å². The number of ether oxygens (including phenoxy) is 1. The van der Waals surface area contributed by atoms with E-state index in [1.807, 2.05) is 12.1 Å². The topological polar surface area (TPSA) is 54.5 Å². The maximum Gasteiger partial charge on any atom is 0.255 e. The molecular formula is C18H15F2N3O2S. The highest BCUT2D eigenvalue weighted by Crippen LogP contribution is 2.31. The zero-order chi connectivity index (χ0) is 18.1. The summed E-state index contributed by atoms with van der Waals surface area (Å²) in [4.78, 5) is 19.0. The Balaban J connectivity index is 1.56. The highest BCUT2D eigenvalue weighted by molar-refractivity contribution is 7.22. The molecule has 2 heterocycles. The van der Waals surface area contributed by atoms with E-state index in [1.54, 1.807) is 6.07 Å². The number of morpholine rings is 1. The number of anilines is 2. The maximum absolute atomic E-state index is 13.3. The molecular weight excluding hydrogens is 360 g/mol. The Labute approximate surface area is 152 Å². The van der Waals surface area contributed by atoms with Gasteiger partial charge in [-0.1, -0.05) is 11.3 Å². The number of nitrogens with one attached hydrogen (secondary N) is 1. The van der Waals surface area contributed by atoms with E-state index in [2.05, 4.69) is 15.2 Å². The fourth-order valence-electron chi connectivity index (χ4n) is 2.77. The molecule has 1 N–H and O–H groups in total. The molecule has 0 bridgehead atoms. The lowest BCUT2D eigenvalue weighted by Gasteiger charge is -2.25. The molecule has 1 saturated heterocycles. The van der Waals surface area contributed by atoms with Gasteiger partial charge in [-0.05, 0) is 30.3 Å². The van der Waals surface area contributed by atoms with E-state index >= 15 is 0 Å². The van der Waals surface area contributed by atoms with Crippen molar-refractivity contribution in [2.75, 3.05) is 36.5 Å². The van der Waals surface area contributed by atoms with Crippen molar-refractivity contribution in [1.82, 2.24) is 4.98 Å². The van der Waals surface area contributed by atoms with E-state index in [9.17, 15) is 13.6 Å². The summed E-state index contributed by atoms with van der Waals surface area (Å²) in [5, 5.41) is 3.58. The number of nitrogens with zero attached hydrogens (tertiary/aromatic N) is 2. The zero-order valence-electron chi connectivity index (χ0n) is 13.7. The molecule has 0 aliphatic carbocycles. The second kappa shape index (κ2) is 6.97.